The van der Waals surface area contributed by atoms with Gasteiger partial charge in [-0.05, 0) is 5.56 Å². The lowest BCUT2D eigenvalue weighted by Crippen LogP contribution is -2.38. The lowest BCUT2D eigenvalue weighted by atomic mass is 10.2. The van der Waals surface area contributed by atoms with Crippen LogP contribution >= 0.6 is 11.8 Å². The fourth-order valence-corrected chi connectivity index (χ4v) is 3.78. The molecule has 0 saturated carbocycles. The van der Waals surface area contributed by atoms with Gasteiger partial charge in [0.1, 0.15) is 0 Å². The molecule has 0 aliphatic carbocycles. The van der Waals surface area contributed by atoms with Gasteiger partial charge in [-0.2, -0.15) is 0 Å². The fraction of sp³-hybridized carbons (Fsp3) is 0.474. The molecule has 1 aromatic heterocycles. The van der Waals surface area contributed by atoms with Crippen LogP contribution in [0.5, 0.6) is 0 Å². The number of benzene rings is 1. The minimum absolute atomic E-state index is 0.0334. The number of amides is 2. The van der Waals surface area contributed by atoms with Crippen molar-refractivity contribution in [3.63, 3.8) is 0 Å². The molecule has 1 aliphatic heterocycles. The van der Waals surface area contributed by atoms with Crippen LogP contribution in [0, 0.1) is 0 Å². The predicted octanol–water partition coefficient (Wildman–Crippen LogP) is 0.460. The van der Waals surface area contributed by atoms with Crippen molar-refractivity contribution in [3.05, 3.63) is 35.9 Å². The van der Waals surface area contributed by atoms with Gasteiger partial charge in [0.2, 0.25) is 17.8 Å². The van der Waals surface area contributed by atoms with Gasteiger partial charge in [-0.15, -0.1) is 10.2 Å². The number of ether oxygens (including phenoxy) is 1. The summed E-state index contributed by atoms with van der Waals surface area (Å²) in [7, 11) is 3.17. The third-order valence-electron chi connectivity index (χ3n) is 4.58. The standard InChI is InChI=1S/C19H26N6O3S/c1-20-16(26)13-23(2)17(27)14-29-19-22-21-18(24-8-10-28-11-9-24)25(19)12-15-6-4-3-5-7-15/h3-7H,8-14H2,1-2H3,(H,20,26). The number of carbonyl (C=O) groups excluding carboxylic acids is 2. The fourth-order valence-electron chi connectivity index (χ4n) is 2.91. The molecule has 0 radical (unpaired) electrons. The number of hydrogen-bond donors (Lipinski definition) is 1. The summed E-state index contributed by atoms with van der Waals surface area (Å²) in [4.78, 5) is 27.4. The number of thioether (sulfide) groups is 1. The number of anilines is 1. The molecule has 10 heteroatoms. The minimum Gasteiger partial charge on any atom is -0.378 e. The first-order valence-corrected chi connectivity index (χ1v) is 10.4. The number of nitrogens with one attached hydrogen (secondary N) is 1. The number of nitrogens with zero attached hydrogens (tertiary/aromatic N) is 5. The summed E-state index contributed by atoms with van der Waals surface area (Å²) < 4.78 is 7.48. The number of hydrogen-bond acceptors (Lipinski definition) is 7. The lowest BCUT2D eigenvalue weighted by Gasteiger charge is -2.28. The summed E-state index contributed by atoms with van der Waals surface area (Å²) in [6.45, 7) is 3.47. The van der Waals surface area contributed by atoms with Gasteiger partial charge in [0.05, 0.1) is 32.1 Å². The maximum absolute atomic E-state index is 12.4. The molecule has 0 atom stereocenters. The predicted molar refractivity (Wildman–Crippen MR) is 111 cm³/mol. The molecule has 2 aromatic rings. The number of aromatic nitrogens is 3. The van der Waals surface area contributed by atoms with Crippen molar-refractivity contribution in [1.82, 2.24) is 25.0 Å². The molecule has 29 heavy (non-hydrogen) atoms. The summed E-state index contributed by atoms with van der Waals surface area (Å²) in [6, 6.07) is 10.1. The van der Waals surface area contributed by atoms with E-state index in [1.54, 1.807) is 14.1 Å². The van der Waals surface area contributed by atoms with Gasteiger partial charge in [0, 0.05) is 27.2 Å². The Morgan fingerprint density at radius 3 is 2.62 bits per heavy atom. The number of morpholine rings is 1. The van der Waals surface area contributed by atoms with Crippen LogP contribution in [0.1, 0.15) is 5.56 Å². The Hall–Kier alpha value is -2.59. The Kier molecular flexibility index (Phi) is 7.48. The van der Waals surface area contributed by atoms with Gasteiger partial charge < -0.3 is 19.9 Å². The molecule has 0 unspecified atom stereocenters. The molecular weight excluding hydrogens is 392 g/mol. The van der Waals surface area contributed by atoms with Crippen LogP contribution in [0.3, 0.4) is 0 Å². The zero-order valence-corrected chi connectivity index (χ0v) is 17.5. The van der Waals surface area contributed by atoms with E-state index in [1.807, 2.05) is 22.8 Å². The monoisotopic (exact) mass is 418 g/mol. The van der Waals surface area contributed by atoms with Gasteiger partial charge >= 0.3 is 0 Å². The highest BCUT2D eigenvalue weighted by Gasteiger charge is 2.22. The second kappa shape index (κ2) is 10.3. The van der Waals surface area contributed by atoms with E-state index in [0.717, 1.165) is 24.6 Å². The molecule has 2 amide bonds. The van der Waals surface area contributed by atoms with E-state index in [0.29, 0.717) is 24.9 Å². The Balaban J connectivity index is 1.74. The SMILES string of the molecule is CNC(=O)CN(C)C(=O)CSc1nnc(N2CCOCC2)n1Cc1ccccc1. The molecule has 1 aromatic carbocycles. The van der Waals surface area contributed by atoms with Gasteiger partial charge in [-0.1, -0.05) is 42.1 Å². The summed E-state index contributed by atoms with van der Waals surface area (Å²) in [5.74, 6) is 0.628. The van der Waals surface area contributed by atoms with Crippen molar-refractivity contribution in [1.29, 1.82) is 0 Å². The van der Waals surface area contributed by atoms with Gasteiger partial charge in [-0.25, -0.2) is 0 Å². The van der Waals surface area contributed by atoms with Crippen LogP contribution in [0.4, 0.5) is 5.95 Å². The van der Waals surface area contributed by atoms with Crippen LogP contribution in [-0.4, -0.2) is 84.2 Å². The number of carbonyl (C=O) groups is 2. The van der Waals surface area contributed by atoms with E-state index in [4.69, 9.17) is 4.74 Å². The first-order chi connectivity index (χ1) is 14.1. The van der Waals surface area contributed by atoms with Crippen LogP contribution in [0.25, 0.3) is 0 Å². The van der Waals surface area contributed by atoms with Crippen molar-refractivity contribution in [2.45, 2.75) is 11.7 Å². The van der Waals surface area contributed by atoms with Gasteiger partial charge in [-0.3, -0.25) is 14.2 Å². The van der Waals surface area contributed by atoms with Crippen molar-refractivity contribution in [2.24, 2.45) is 0 Å². The van der Waals surface area contributed by atoms with Crippen molar-refractivity contribution < 1.29 is 14.3 Å². The van der Waals surface area contributed by atoms with Crippen molar-refractivity contribution in [3.8, 4) is 0 Å². The molecule has 156 valence electrons. The van der Waals surface area contributed by atoms with Crippen LogP contribution in [0.15, 0.2) is 35.5 Å². The molecule has 9 nitrogen and oxygen atoms in total. The maximum atomic E-state index is 12.4. The maximum Gasteiger partial charge on any atom is 0.239 e. The molecule has 1 saturated heterocycles. The Morgan fingerprint density at radius 1 is 1.21 bits per heavy atom. The second-order valence-electron chi connectivity index (χ2n) is 6.67. The highest BCUT2D eigenvalue weighted by Crippen LogP contribution is 2.24. The van der Waals surface area contributed by atoms with E-state index in [-0.39, 0.29) is 24.1 Å². The summed E-state index contributed by atoms with van der Waals surface area (Å²) >= 11 is 1.33. The highest BCUT2D eigenvalue weighted by atomic mass is 32.2. The van der Waals surface area contributed by atoms with Gasteiger partial charge in [0.25, 0.3) is 0 Å². The van der Waals surface area contributed by atoms with E-state index in [9.17, 15) is 9.59 Å². The molecule has 0 spiro atoms. The zero-order valence-electron chi connectivity index (χ0n) is 16.7. The Labute approximate surface area is 174 Å². The van der Waals surface area contributed by atoms with Crippen LogP contribution in [0.2, 0.25) is 0 Å². The highest BCUT2D eigenvalue weighted by molar-refractivity contribution is 7.99. The smallest absolute Gasteiger partial charge is 0.239 e. The van der Waals surface area contributed by atoms with Crippen LogP contribution < -0.4 is 10.2 Å². The minimum atomic E-state index is -0.201. The third kappa shape index (κ3) is 5.70. The Morgan fingerprint density at radius 2 is 1.93 bits per heavy atom. The molecule has 0 bridgehead atoms. The van der Waals surface area contributed by atoms with Crippen molar-refractivity contribution >= 4 is 29.5 Å². The molecule has 1 N–H and O–H groups in total. The molecule has 3 rings (SSSR count). The van der Waals surface area contributed by atoms with E-state index < -0.39 is 0 Å². The van der Waals surface area contributed by atoms with Crippen molar-refractivity contribution in [2.75, 3.05) is 57.6 Å². The number of rotatable bonds is 8. The lowest BCUT2D eigenvalue weighted by molar-refractivity contribution is -0.132. The van der Waals surface area contributed by atoms with Crippen LogP contribution in [-0.2, 0) is 20.9 Å². The first-order valence-electron chi connectivity index (χ1n) is 9.45. The summed E-state index contributed by atoms with van der Waals surface area (Å²) in [6.07, 6.45) is 0. The Bertz CT molecular complexity index is 823. The zero-order chi connectivity index (χ0) is 20.6. The summed E-state index contributed by atoms with van der Waals surface area (Å²) in [5, 5.41) is 11.9. The average Bonchev–Trinajstić information content (AvgIpc) is 3.15. The van der Waals surface area contributed by atoms with E-state index in [1.165, 1.54) is 16.7 Å². The first kappa shape index (κ1) is 21.1. The largest absolute Gasteiger partial charge is 0.378 e. The number of likely N-dealkylation sites (N-methyl/N-ethyl adjacent to an activating group) is 2. The second-order valence-corrected chi connectivity index (χ2v) is 7.61. The summed E-state index contributed by atoms with van der Waals surface area (Å²) in [5.41, 5.74) is 1.13. The average molecular weight is 419 g/mol. The normalized spacial score (nSPS) is 13.9. The quantitative estimate of drug-likeness (QED) is 0.623. The molecule has 1 aliphatic rings. The molecule has 1 fully saturated rings. The topological polar surface area (TPSA) is 92.6 Å². The third-order valence-corrected chi connectivity index (χ3v) is 5.54. The van der Waals surface area contributed by atoms with E-state index in [2.05, 4.69) is 32.5 Å². The molecular formula is C19H26N6O3S. The van der Waals surface area contributed by atoms with E-state index >= 15 is 0 Å². The van der Waals surface area contributed by atoms with Gasteiger partial charge in [0.15, 0.2) is 5.16 Å². The molecule has 2 heterocycles.